The summed E-state index contributed by atoms with van der Waals surface area (Å²) in [7, 11) is 0.582. The van der Waals surface area contributed by atoms with E-state index in [1.807, 2.05) is 6.07 Å². The Morgan fingerprint density at radius 2 is 2.04 bits per heavy atom. The summed E-state index contributed by atoms with van der Waals surface area (Å²) in [4.78, 5) is 16.7. The smallest absolute Gasteiger partial charge is 0.331 e. The van der Waals surface area contributed by atoms with Crippen molar-refractivity contribution in [2.45, 2.75) is 32.4 Å². The molecule has 23 heavy (non-hydrogen) atoms. The molecule has 0 aliphatic carbocycles. The number of ether oxygens (including phenoxy) is 2. The minimum absolute atomic E-state index is 0.127. The van der Waals surface area contributed by atoms with E-state index < -0.39 is 8.07 Å². The lowest BCUT2D eigenvalue weighted by Crippen LogP contribution is -2.25. The van der Waals surface area contributed by atoms with Gasteiger partial charge in [0.05, 0.1) is 18.3 Å². The molecule has 0 aliphatic heterocycles. The van der Waals surface area contributed by atoms with E-state index in [0.717, 1.165) is 16.9 Å². The normalized spacial score (nSPS) is 12.0. The summed E-state index contributed by atoms with van der Waals surface area (Å²) in [5.41, 5.74) is 1.24. The van der Waals surface area contributed by atoms with E-state index in [4.69, 9.17) is 9.47 Å². The molecule has 2 heterocycles. The van der Waals surface area contributed by atoms with Crippen LogP contribution in [0.2, 0.25) is 25.7 Å². The highest BCUT2D eigenvalue weighted by Crippen LogP contribution is 2.18. The van der Waals surface area contributed by atoms with Gasteiger partial charge in [0, 0.05) is 33.1 Å². The number of aromatic nitrogens is 3. The van der Waals surface area contributed by atoms with Crippen molar-refractivity contribution < 1.29 is 9.47 Å². The molecule has 2 aromatic heterocycles. The quantitative estimate of drug-likeness (QED) is 0.387. The fourth-order valence-electron chi connectivity index (χ4n) is 2.15. The first kappa shape index (κ1) is 18.2. The molecule has 0 atom stereocenters. The first-order valence-electron chi connectivity index (χ1n) is 7.65. The molecule has 0 amide bonds. The predicted molar refractivity (Wildman–Crippen MR) is 98.4 cm³/mol. The Kier molecular flexibility index (Phi) is 6.04. The molecule has 0 spiro atoms. The summed E-state index contributed by atoms with van der Waals surface area (Å²) < 4.78 is 14.4. The summed E-state index contributed by atoms with van der Waals surface area (Å²) >= 11 is 3.32. The Labute approximate surface area is 145 Å². The second kappa shape index (κ2) is 7.63. The van der Waals surface area contributed by atoms with Crippen molar-refractivity contribution in [2.24, 2.45) is 7.05 Å². The zero-order valence-corrected chi connectivity index (χ0v) is 16.7. The van der Waals surface area contributed by atoms with Crippen LogP contribution >= 0.6 is 15.9 Å². The molecule has 0 saturated carbocycles. The summed E-state index contributed by atoms with van der Waals surface area (Å²) in [6.45, 7) is 8.38. The van der Waals surface area contributed by atoms with E-state index in [0.29, 0.717) is 24.6 Å². The molecule has 0 radical (unpaired) electrons. The molecular formula is C15H24BrN3O3Si. The third kappa shape index (κ3) is 4.68. The maximum absolute atomic E-state index is 12.4. The molecule has 0 N–H and O–H groups in total. The van der Waals surface area contributed by atoms with E-state index in [1.54, 1.807) is 17.8 Å². The van der Waals surface area contributed by atoms with Crippen LogP contribution in [0.5, 0.6) is 5.75 Å². The Bertz CT molecular complexity index is 721. The molecule has 8 heteroatoms. The summed E-state index contributed by atoms with van der Waals surface area (Å²) in [6.07, 6.45) is 1.64. The Hall–Kier alpha value is -1.12. The number of alkyl halides is 1. The average Bonchev–Trinajstić information content (AvgIpc) is 2.72. The largest absolute Gasteiger partial charge is 0.491 e. The molecular weight excluding hydrogens is 378 g/mol. The van der Waals surface area contributed by atoms with Gasteiger partial charge >= 0.3 is 5.69 Å². The Morgan fingerprint density at radius 1 is 1.30 bits per heavy atom. The number of fused-ring (bicyclic) bond motifs is 1. The van der Waals surface area contributed by atoms with Crippen molar-refractivity contribution in [1.82, 2.24) is 14.1 Å². The van der Waals surface area contributed by atoms with Crippen LogP contribution in [-0.2, 0) is 18.5 Å². The standard InChI is InChI=1S/C15H24BrN3O3Si/c1-18-14-13(9-12(10-17-14)22-6-5-16)19(15(18)20)11-21-7-8-23(2,3)4/h9-10H,5-8,11H2,1-4H3. The van der Waals surface area contributed by atoms with Crippen LogP contribution in [0.4, 0.5) is 0 Å². The van der Waals surface area contributed by atoms with Crippen LogP contribution in [0.1, 0.15) is 0 Å². The topological polar surface area (TPSA) is 58.3 Å². The number of halogens is 1. The number of aryl methyl sites for hydroxylation is 1. The van der Waals surface area contributed by atoms with Crippen LogP contribution in [0.15, 0.2) is 17.1 Å². The van der Waals surface area contributed by atoms with Gasteiger partial charge < -0.3 is 9.47 Å². The minimum Gasteiger partial charge on any atom is -0.491 e. The molecule has 0 aromatic carbocycles. The van der Waals surface area contributed by atoms with Crippen molar-refractivity contribution in [1.29, 1.82) is 0 Å². The van der Waals surface area contributed by atoms with Crippen LogP contribution in [0.25, 0.3) is 11.2 Å². The fraction of sp³-hybridized carbons (Fsp3) is 0.600. The monoisotopic (exact) mass is 401 g/mol. The molecule has 128 valence electrons. The Morgan fingerprint density at radius 3 is 2.70 bits per heavy atom. The molecule has 2 aromatic rings. The molecule has 0 saturated heterocycles. The summed E-state index contributed by atoms with van der Waals surface area (Å²) in [5, 5.41) is 0.742. The van der Waals surface area contributed by atoms with Crippen molar-refractivity contribution in [2.75, 3.05) is 18.5 Å². The highest BCUT2D eigenvalue weighted by atomic mass is 79.9. The SMILES string of the molecule is Cn1c(=O)n(COCC[Si](C)(C)C)c2cc(OCCBr)cnc21. The van der Waals surface area contributed by atoms with E-state index in [-0.39, 0.29) is 12.4 Å². The van der Waals surface area contributed by atoms with Crippen LogP contribution < -0.4 is 10.4 Å². The molecule has 0 bridgehead atoms. The Balaban J connectivity index is 2.20. The molecule has 0 unspecified atom stereocenters. The van der Waals surface area contributed by atoms with Crippen molar-refractivity contribution in [3.63, 3.8) is 0 Å². The first-order valence-corrected chi connectivity index (χ1v) is 12.5. The van der Waals surface area contributed by atoms with Gasteiger partial charge in [0.2, 0.25) is 0 Å². The van der Waals surface area contributed by atoms with Crippen molar-refractivity contribution in [3.05, 3.63) is 22.7 Å². The zero-order valence-electron chi connectivity index (χ0n) is 14.1. The van der Waals surface area contributed by atoms with Crippen molar-refractivity contribution >= 4 is 35.2 Å². The first-order chi connectivity index (χ1) is 10.8. The van der Waals surface area contributed by atoms with Gasteiger partial charge in [-0.05, 0) is 6.04 Å². The lowest BCUT2D eigenvalue weighted by Gasteiger charge is -2.15. The number of rotatable bonds is 8. The average molecular weight is 402 g/mol. The van der Waals surface area contributed by atoms with Crippen LogP contribution in [-0.4, -0.2) is 40.7 Å². The van der Waals surface area contributed by atoms with Crippen LogP contribution in [0, 0.1) is 0 Å². The van der Waals surface area contributed by atoms with Gasteiger partial charge in [-0.15, -0.1) is 0 Å². The van der Waals surface area contributed by atoms with Gasteiger partial charge in [-0.2, -0.15) is 0 Å². The van der Waals surface area contributed by atoms with Gasteiger partial charge in [-0.3, -0.25) is 9.13 Å². The van der Waals surface area contributed by atoms with Gasteiger partial charge in [-0.1, -0.05) is 35.6 Å². The number of hydrogen-bond acceptors (Lipinski definition) is 4. The third-order valence-corrected chi connectivity index (χ3v) is 5.54. The number of nitrogens with zero attached hydrogens (tertiary/aromatic N) is 3. The lowest BCUT2D eigenvalue weighted by atomic mass is 10.4. The number of hydrogen-bond donors (Lipinski definition) is 0. The summed E-state index contributed by atoms with van der Waals surface area (Å²) in [6, 6.07) is 2.92. The fourth-order valence-corrected chi connectivity index (χ4v) is 3.07. The molecule has 0 aliphatic rings. The minimum atomic E-state index is -1.14. The lowest BCUT2D eigenvalue weighted by molar-refractivity contribution is 0.0873. The van der Waals surface area contributed by atoms with E-state index in [9.17, 15) is 4.79 Å². The van der Waals surface area contributed by atoms with Gasteiger partial charge in [0.15, 0.2) is 5.65 Å². The molecule has 6 nitrogen and oxygen atoms in total. The van der Waals surface area contributed by atoms with Gasteiger partial charge in [-0.25, -0.2) is 9.78 Å². The summed E-state index contributed by atoms with van der Waals surface area (Å²) in [5.74, 6) is 0.651. The third-order valence-electron chi connectivity index (χ3n) is 3.51. The van der Waals surface area contributed by atoms with Gasteiger partial charge in [0.25, 0.3) is 0 Å². The highest BCUT2D eigenvalue weighted by Gasteiger charge is 2.15. The highest BCUT2D eigenvalue weighted by molar-refractivity contribution is 9.09. The van der Waals surface area contributed by atoms with E-state index in [2.05, 4.69) is 40.6 Å². The van der Waals surface area contributed by atoms with Gasteiger partial charge in [0.1, 0.15) is 12.5 Å². The zero-order chi connectivity index (χ0) is 17.0. The van der Waals surface area contributed by atoms with E-state index in [1.165, 1.54) is 4.57 Å². The molecule has 2 rings (SSSR count). The van der Waals surface area contributed by atoms with E-state index >= 15 is 0 Å². The number of pyridine rings is 1. The maximum Gasteiger partial charge on any atom is 0.331 e. The van der Waals surface area contributed by atoms with Crippen LogP contribution in [0.3, 0.4) is 0 Å². The second-order valence-corrected chi connectivity index (χ2v) is 13.1. The molecule has 0 fully saturated rings. The number of imidazole rings is 1. The predicted octanol–water partition coefficient (Wildman–Crippen LogP) is 2.82. The second-order valence-electron chi connectivity index (χ2n) is 6.67. The maximum atomic E-state index is 12.4. The van der Waals surface area contributed by atoms with Crippen molar-refractivity contribution in [3.8, 4) is 5.75 Å².